The van der Waals surface area contributed by atoms with E-state index in [9.17, 15) is 13.2 Å². The fourth-order valence-corrected chi connectivity index (χ4v) is 2.24. The van der Waals surface area contributed by atoms with Gasteiger partial charge in [0.05, 0.1) is 13.0 Å². The molecule has 0 radical (unpaired) electrons. The van der Waals surface area contributed by atoms with Crippen molar-refractivity contribution in [1.82, 2.24) is 0 Å². The Labute approximate surface area is 96.2 Å². The SMILES string of the molecule is COS(=O)(=O)CCOC(=O)C1CCCCC1. The van der Waals surface area contributed by atoms with Crippen LogP contribution in [0.1, 0.15) is 32.1 Å². The summed E-state index contributed by atoms with van der Waals surface area (Å²) in [4.78, 5) is 11.5. The maximum absolute atomic E-state index is 11.5. The lowest BCUT2D eigenvalue weighted by atomic mass is 9.89. The highest BCUT2D eigenvalue weighted by molar-refractivity contribution is 7.86. The Morgan fingerprint density at radius 3 is 2.44 bits per heavy atom. The van der Waals surface area contributed by atoms with Crippen molar-refractivity contribution in [3.05, 3.63) is 0 Å². The van der Waals surface area contributed by atoms with E-state index in [1.54, 1.807) is 0 Å². The second-order valence-electron chi connectivity index (χ2n) is 3.93. The zero-order chi connectivity index (χ0) is 12.0. The summed E-state index contributed by atoms with van der Waals surface area (Å²) in [7, 11) is -2.43. The fourth-order valence-electron chi connectivity index (χ4n) is 1.78. The average molecular weight is 250 g/mol. The maximum atomic E-state index is 11.5. The number of hydrogen-bond donors (Lipinski definition) is 0. The molecule has 0 saturated heterocycles. The number of esters is 1. The lowest BCUT2D eigenvalue weighted by Crippen LogP contribution is -2.23. The smallest absolute Gasteiger partial charge is 0.308 e. The summed E-state index contributed by atoms with van der Waals surface area (Å²) in [6, 6.07) is 0. The molecule has 16 heavy (non-hydrogen) atoms. The van der Waals surface area contributed by atoms with Crippen LogP contribution in [-0.2, 0) is 23.8 Å². The van der Waals surface area contributed by atoms with Crippen molar-refractivity contribution in [3.63, 3.8) is 0 Å². The largest absolute Gasteiger partial charge is 0.464 e. The van der Waals surface area contributed by atoms with Crippen LogP contribution in [0.2, 0.25) is 0 Å². The van der Waals surface area contributed by atoms with Crippen LogP contribution in [0.3, 0.4) is 0 Å². The number of ether oxygens (including phenoxy) is 1. The molecule has 0 aliphatic heterocycles. The van der Waals surface area contributed by atoms with Crippen molar-refractivity contribution in [2.24, 2.45) is 5.92 Å². The first kappa shape index (κ1) is 13.4. The Bertz CT molecular complexity index is 316. The van der Waals surface area contributed by atoms with E-state index in [4.69, 9.17) is 4.74 Å². The Kier molecular flexibility index (Phi) is 5.21. The van der Waals surface area contributed by atoms with E-state index in [0.717, 1.165) is 32.8 Å². The van der Waals surface area contributed by atoms with Gasteiger partial charge in [0.25, 0.3) is 10.1 Å². The molecule has 0 heterocycles. The van der Waals surface area contributed by atoms with Crippen LogP contribution < -0.4 is 0 Å². The van der Waals surface area contributed by atoms with Gasteiger partial charge in [0.1, 0.15) is 12.4 Å². The molecule has 0 spiro atoms. The quantitative estimate of drug-likeness (QED) is 0.539. The predicted molar refractivity (Wildman–Crippen MR) is 58.3 cm³/mol. The number of rotatable bonds is 5. The molecule has 1 fully saturated rings. The highest BCUT2D eigenvalue weighted by Gasteiger charge is 2.22. The molecule has 0 bridgehead atoms. The first-order chi connectivity index (χ1) is 7.55. The molecule has 1 aliphatic carbocycles. The van der Waals surface area contributed by atoms with Gasteiger partial charge in [-0.3, -0.25) is 8.98 Å². The molecule has 6 heteroatoms. The van der Waals surface area contributed by atoms with Crippen molar-refractivity contribution in [2.45, 2.75) is 32.1 Å². The van der Waals surface area contributed by atoms with Crippen molar-refractivity contribution >= 4 is 16.1 Å². The summed E-state index contributed by atoms with van der Waals surface area (Å²) < 4.78 is 31.1. The van der Waals surface area contributed by atoms with Gasteiger partial charge in [0, 0.05) is 0 Å². The van der Waals surface area contributed by atoms with E-state index in [1.165, 1.54) is 6.42 Å². The summed E-state index contributed by atoms with van der Waals surface area (Å²) in [5.41, 5.74) is 0. The monoisotopic (exact) mass is 250 g/mol. The molecule has 1 rings (SSSR count). The normalized spacial score (nSPS) is 18.3. The molecule has 0 aromatic rings. The summed E-state index contributed by atoms with van der Waals surface area (Å²) in [5, 5.41) is 0. The van der Waals surface area contributed by atoms with Crippen LogP contribution in [0, 0.1) is 5.92 Å². The minimum absolute atomic E-state index is 0.0426. The third kappa shape index (κ3) is 4.49. The van der Waals surface area contributed by atoms with Gasteiger partial charge in [0.15, 0.2) is 0 Å². The standard InChI is InChI=1S/C10H18O5S/c1-14-16(12,13)8-7-15-10(11)9-5-3-2-4-6-9/h9H,2-8H2,1H3. The van der Waals surface area contributed by atoms with Gasteiger partial charge in [-0.2, -0.15) is 8.42 Å². The molecular formula is C10H18O5S. The zero-order valence-electron chi connectivity index (χ0n) is 9.48. The first-order valence-corrected chi connectivity index (χ1v) is 7.08. The molecule has 0 aromatic heterocycles. The second-order valence-corrected chi connectivity index (χ2v) is 5.79. The molecule has 0 N–H and O–H groups in total. The Morgan fingerprint density at radius 1 is 1.25 bits per heavy atom. The van der Waals surface area contributed by atoms with Gasteiger partial charge in [-0.25, -0.2) is 0 Å². The Hall–Kier alpha value is -0.620. The van der Waals surface area contributed by atoms with Gasteiger partial charge < -0.3 is 4.74 Å². The summed E-state index contributed by atoms with van der Waals surface area (Å²) in [6.07, 6.45) is 4.99. The first-order valence-electron chi connectivity index (χ1n) is 5.50. The van der Waals surface area contributed by atoms with Crippen LogP contribution in [0.5, 0.6) is 0 Å². The third-order valence-corrected chi connectivity index (χ3v) is 3.94. The summed E-state index contributed by atoms with van der Waals surface area (Å²) in [6.45, 7) is -0.120. The van der Waals surface area contributed by atoms with Crippen LogP contribution >= 0.6 is 0 Å². The topological polar surface area (TPSA) is 69.7 Å². The van der Waals surface area contributed by atoms with Gasteiger partial charge in [0.2, 0.25) is 0 Å². The van der Waals surface area contributed by atoms with Crippen LogP contribution in [0.25, 0.3) is 0 Å². The van der Waals surface area contributed by atoms with Gasteiger partial charge in [-0.15, -0.1) is 0 Å². The summed E-state index contributed by atoms with van der Waals surface area (Å²) >= 11 is 0. The van der Waals surface area contributed by atoms with Crippen molar-refractivity contribution in [3.8, 4) is 0 Å². The van der Waals surface area contributed by atoms with Crippen molar-refractivity contribution in [2.75, 3.05) is 19.5 Å². The van der Waals surface area contributed by atoms with Gasteiger partial charge in [-0.1, -0.05) is 19.3 Å². The number of carbonyl (C=O) groups excluding carboxylic acids is 1. The zero-order valence-corrected chi connectivity index (χ0v) is 10.3. The molecule has 1 saturated carbocycles. The molecule has 0 aromatic carbocycles. The molecule has 5 nitrogen and oxygen atoms in total. The van der Waals surface area contributed by atoms with E-state index in [0.29, 0.717) is 0 Å². The third-order valence-electron chi connectivity index (χ3n) is 2.77. The molecule has 1 aliphatic rings. The molecule has 0 unspecified atom stereocenters. The van der Waals surface area contributed by atoms with E-state index >= 15 is 0 Å². The molecule has 0 amide bonds. The van der Waals surface area contributed by atoms with Crippen LogP contribution in [0.15, 0.2) is 0 Å². The van der Waals surface area contributed by atoms with E-state index in [1.807, 2.05) is 0 Å². The van der Waals surface area contributed by atoms with Crippen molar-refractivity contribution in [1.29, 1.82) is 0 Å². The van der Waals surface area contributed by atoms with Crippen LogP contribution in [0.4, 0.5) is 0 Å². The molecule has 0 atom stereocenters. The van der Waals surface area contributed by atoms with E-state index in [-0.39, 0.29) is 24.2 Å². The highest BCUT2D eigenvalue weighted by Crippen LogP contribution is 2.24. The number of hydrogen-bond acceptors (Lipinski definition) is 5. The minimum Gasteiger partial charge on any atom is -0.464 e. The second kappa shape index (κ2) is 6.20. The fraction of sp³-hybridized carbons (Fsp3) is 0.900. The Morgan fingerprint density at radius 2 is 1.88 bits per heavy atom. The van der Waals surface area contributed by atoms with E-state index < -0.39 is 10.1 Å². The number of carbonyl (C=O) groups is 1. The lowest BCUT2D eigenvalue weighted by Gasteiger charge is -2.19. The maximum Gasteiger partial charge on any atom is 0.308 e. The minimum atomic E-state index is -3.52. The lowest BCUT2D eigenvalue weighted by molar-refractivity contribution is -0.149. The molecular weight excluding hydrogens is 232 g/mol. The average Bonchev–Trinajstić information content (AvgIpc) is 2.30. The van der Waals surface area contributed by atoms with Gasteiger partial charge in [-0.05, 0) is 12.8 Å². The predicted octanol–water partition coefficient (Wildman–Crippen LogP) is 1.09. The van der Waals surface area contributed by atoms with Crippen LogP contribution in [-0.4, -0.2) is 33.9 Å². The summed E-state index contributed by atoms with van der Waals surface area (Å²) in [5.74, 6) is -0.591. The van der Waals surface area contributed by atoms with Gasteiger partial charge >= 0.3 is 5.97 Å². The van der Waals surface area contributed by atoms with Crippen molar-refractivity contribution < 1.29 is 22.1 Å². The Balaban J connectivity index is 2.24. The highest BCUT2D eigenvalue weighted by atomic mass is 32.2. The molecule has 94 valence electrons. The van der Waals surface area contributed by atoms with E-state index in [2.05, 4.69) is 4.18 Å².